The van der Waals surface area contributed by atoms with Crippen LogP contribution in [0.25, 0.3) is 0 Å². The minimum Gasteiger partial charge on any atom is -0.386 e. The smallest absolute Gasteiger partial charge is 0.265 e. The lowest BCUT2D eigenvalue weighted by Gasteiger charge is -2.28. The molecule has 0 aromatic rings. The molecule has 1 rings (SSSR count). The molecule has 2 unspecified atom stereocenters. The van der Waals surface area contributed by atoms with Gasteiger partial charge in [0.2, 0.25) is 0 Å². The molecular formula is C7H12F2OS. The maximum atomic E-state index is 12.1. The first-order valence-corrected chi connectivity index (χ1v) is 4.65. The van der Waals surface area contributed by atoms with Crippen molar-refractivity contribution in [3.63, 3.8) is 0 Å². The molecule has 1 heterocycles. The third-order valence-electron chi connectivity index (χ3n) is 2.11. The van der Waals surface area contributed by atoms with Gasteiger partial charge in [0.1, 0.15) is 6.10 Å². The van der Waals surface area contributed by atoms with Crippen LogP contribution < -0.4 is 0 Å². The van der Waals surface area contributed by atoms with Crippen molar-refractivity contribution in [3.05, 3.63) is 0 Å². The fourth-order valence-electron chi connectivity index (χ4n) is 1.30. The lowest BCUT2D eigenvalue weighted by molar-refractivity contribution is -0.0242. The number of thioether (sulfide) groups is 1. The van der Waals surface area contributed by atoms with E-state index in [9.17, 15) is 8.78 Å². The quantitative estimate of drug-likeness (QED) is 0.703. The molecular weight excluding hydrogens is 170 g/mol. The van der Waals surface area contributed by atoms with E-state index >= 15 is 0 Å². The zero-order valence-corrected chi connectivity index (χ0v) is 7.20. The zero-order valence-electron chi connectivity index (χ0n) is 6.39. The predicted molar refractivity (Wildman–Crippen MR) is 42.1 cm³/mol. The van der Waals surface area contributed by atoms with E-state index < -0.39 is 17.3 Å². The van der Waals surface area contributed by atoms with Gasteiger partial charge < -0.3 is 5.11 Å². The Bertz CT molecular complexity index is 134. The Hall–Kier alpha value is 0.170. The minimum atomic E-state index is -2.61. The molecule has 0 bridgehead atoms. The van der Waals surface area contributed by atoms with E-state index in [2.05, 4.69) is 0 Å². The van der Waals surface area contributed by atoms with Gasteiger partial charge in [0.05, 0.1) is 0 Å². The molecule has 0 aromatic heterocycles. The summed E-state index contributed by atoms with van der Waals surface area (Å²) in [6.07, 6.45) is -2.44. The van der Waals surface area contributed by atoms with Crippen LogP contribution in [0.1, 0.15) is 19.8 Å². The second kappa shape index (κ2) is 3.27. The molecule has 4 heteroatoms. The van der Waals surface area contributed by atoms with Gasteiger partial charge in [-0.25, -0.2) is 8.78 Å². The summed E-state index contributed by atoms with van der Waals surface area (Å²) < 4.78 is 23.5. The maximum Gasteiger partial charge on any atom is 0.265 e. The largest absolute Gasteiger partial charge is 0.386 e. The van der Waals surface area contributed by atoms with E-state index in [-0.39, 0.29) is 0 Å². The second-order valence-corrected chi connectivity index (χ2v) is 4.67. The Balaban J connectivity index is 2.56. The average Bonchev–Trinajstić information content (AvgIpc) is 2.35. The van der Waals surface area contributed by atoms with E-state index in [1.54, 1.807) is 6.92 Å². The topological polar surface area (TPSA) is 20.2 Å². The predicted octanol–water partition coefficient (Wildman–Crippen LogP) is 1.90. The molecule has 1 fully saturated rings. The maximum absolute atomic E-state index is 12.1. The highest BCUT2D eigenvalue weighted by molar-refractivity contribution is 8.00. The fourth-order valence-corrected chi connectivity index (χ4v) is 2.62. The summed E-state index contributed by atoms with van der Waals surface area (Å²) in [5.74, 6) is 0.889. The molecule has 1 aliphatic heterocycles. The summed E-state index contributed by atoms with van der Waals surface area (Å²) in [6.45, 7) is 1.71. The summed E-state index contributed by atoms with van der Waals surface area (Å²) in [7, 11) is 0. The van der Waals surface area contributed by atoms with Gasteiger partial charge in [-0.05, 0) is 25.5 Å². The summed E-state index contributed by atoms with van der Waals surface area (Å²) >= 11 is 1.45. The normalized spacial score (nSPS) is 34.6. The highest BCUT2D eigenvalue weighted by atomic mass is 32.2. The van der Waals surface area contributed by atoms with Crippen molar-refractivity contribution >= 4 is 11.8 Å². The number of hydrogen-bond donors (Lipinski definition) is 1. The lowest BCUT2D eigenvalue weighted by Crippen LogP contribution is -2.39. The molecule has 1 aliphatic rings. The van der Waals surface area contributed by atoms with Crippen LogP contribution in [0.5, 0.6) is 0 Å². The van der Waals surface area contributed by atoms with Crippen LogP contribution in [-0.2, 0) is 0 Å². The SMILES string of the molecule is CC1(C(O)C(F)F)CCCS1. The molecule has 0 spiro atoms. The average molecular weight is 182 g/mol. The number of halogens is 2. The van der Waals surface area contributed by atoms with Crippen molar-refractivity contribution in [2.45, 2.75) is 37.0 Å². The Morgan fingerprint density at radius 3 is 2.55 bits per heavy atom. The van der Waals surface area contributed by atoms with Crippen LogP contribution in [0, 0.1) is 0 Å². The fraction of sp³-hybridized carbons (Fsp3) is 1.00. The molecule has 0 saturated carbocycles. The van der Waals surface area contributed by atoms with Crippen molar-refractivity contribution < 1.29 is 13.9 Å². The van der Waals surface area contributed by atoms with Gasteiger partial charge >= 0.3 is 0 Å². The molecule has 0 aliphatic carbocycles. The van der Waals surface area contributed by atoms with E-state index in [1.165, 1.54) is 11.8 Å². The minimum absolute atomic E-state index is 0.603. The molecule has 2 atom stereocenters. The van der Waals surface area contributed by atoms with E-state index in [0.717, 1.165) is 12.2 Å². The van der Waals surface area contributed by atoms with Crippen LogP contribution in [0.15, 0.2) is 0 Å². The molecule has 0 radical (unpaired) electrons. The number of aliphatic hydroxyl groups is 1. The first-order valence-electron chi connectivity index (χ1n) is 3.66. The highest BCUT2D eigenvalue weighted by Gasteiger charge is 2.41. The van der Waals surface area contributed by atoms with Crippen LogP contribution in [0.2, 0.25) is 0 Å². The van der Waals surface area contributed by atoms with Crippen LogP contribution >= 0.6 is 11.8 Å². The number of rotatable bonds is 2. The molecule has 1 N–H and O–H groups in total. The summed E-state index contributed by atoms with van der Waals surface area (Å²) in [5, 5.41) is 9.11. The van der Waals surface area contributed by atoms with Gasteiger partial charge in [0.15, 0.2) is 0 Å². The zero-order chi connectivity index (χ0) is 8.48. The van der Waals surface area contributed by atoms with Crippen molar-refractivity contribution in [3.8, 4) is 0 Å². The van der Waals surface area contributed by atoms with Crippen molar-refractivity contribution in [1.82, 2.24) is 0 Å². The van der Waals surface area contributed by atoms with Gasteiger partial charge in [-0.15, -0.1) is 0 Å². The molecule has 1 nitrogen and oxygen atoms in total. The van der Waals surface area contributed by atoms with Gasteiger partial charge in [-0.3, -0.25) is 0 Å². The summed E-state index contributed by atoms with van der Waals surface area (Å²) in [6, 6.07) is 0. The Kier molecular flexibility index (Phi) is 2.75. The van der Waals surface area contributed by atoms with Crippen LogP contribution in [0.4, 0.5) is 8.78 Å². The third-order valence-corrected chi connectivity index (χ3v) is 3.71. The number of hydrogen-bond acceptors (Lipinski definition) is 2. The molecule has 1 saturated heterocycles. The highest BCUT2D eigenvalue weighted by Crippen LogP contribution is 2.41. The van der Waals surface area contributed by atoms with Gasteiger partial charge in [-0.1, -0.05) is 0 Å². The summed E-state index contributed by atoms with van der Waals surface area (Å²) in [5.41, 5.74) is 0. The van der Waals surface area contributed by atoms with E-state index in [1.807, 2.05) is 0 Å². The summed E-state index contributed by atoms with van der Waals surface area (Å²) in [4.78, 5) is 0. The van der Waals surface area contributed by atoms with Gasteiger partial charge in [0.25, 0.3) is 6.43 Å². The molecule has 0 aromatic carbocycles. The third kappa shape index (κ3) is 1.85. The Labute approximate surface area is 69.2 Å². The Morgan fingerprint density at radius 1 is 1.55 bits per heavy atom. The number of alkyl halides is 2. The van der Waals surface area contributed by atoms with Crippen LogP contribution in [0.3, 0.4) is 0 Å². The number of aliphatic hydroxyl groups excluding tert-OH is 1. The van der Waals surface area contributed by atoms with E-state index in [0.29, 0.717) is 6.42 Å². The monoisotopic (exact) mass is 182 g/mol. The van der Waals surface area contributed by atoms with E-state index in [4.69, 9.17) is 5.11 Å². The van der Waals surface area contributed by atoms with Gasteiger partial charge in [0, 0.05) is 4.75 Å². The lowest BCUT2D eigenvalue weighted by atomic mass is 9.99. The molecule has 66 valence electrons. The van der Waals surface area contributed by atoms with Crippen molar-refractivity contribution in [1.29, 1.82) is 0 Å². The van der Waals surface area contributed by atoms with Crippen molar-refractivity contribution in [2.24, 2.45) is 0 Å². The molecule has 0 amide bonds. The molecule has 11 heavy (non-hydrogen) atoms. The first kappa shape index (κ1) is 9.26. The van der Waals surface area contributed by atoms with Gasteiger partial charge in [-0.2, -0.15) is 11.8 Å². The second-order valence-electron chi connectivity index (χ2n) is 3.04. The van der Waals surface area contributed by atoms with Crippen molar-refractivity contribution in [2.75, 3.05) is 5.75 Å². The van der Waals surface area contributed by atoms with Crippen LogP contribution in [-0.4, -0.2) is 28.1 Å². The first-order chi connectivity index (χ1) is 5.06. The standard InChI is InChI=1S/C7H12F2OS/c1-7(3-2-4-11-7)5(10)6(8)9/h5-6,10H,2-4H2,1H3. The Morgan fingerprint density at radius 2 is 2.18 bits per heavy atom.